The van der Waals surface area contributed by atoms with Gasteiger partial charge in [0.25, 0.3) is 0 Å². The Morgan fingerprint density at radius 3 is 2.95 bits per heavy atom. The molecule has 20 heavy (non-hydrogen) atoms. The van der Waals surface area contributed by atoms with Crippen LogP contribution in [0.3, 0.4) is 0 Å². The lowest BCUT2D eigenvalue weighted by molar-refractivity contribution is 0.424. The fourth-order valence-corrected chi connectivity index (χ4v) is 4.25. The fraction of sp³-hybridized carbons (Fsp3) is 0.588. The number of benzene rings is 1. The molecular weight excluding hydrogens is 264 g/mol. The Morgan fingerprint density at radius 2 is 2.25 bits per heavy atom. The minimum Gasteiger partial charge on any atom is -0.299 e. The van der Waals surface area contributed by atoms with E-state index in [0.29, 0.717) is 5.25 Å². The number of thioether (sulfide) groups is 1. The van der Waals surface area contributed by atoms with Gasteiger partial charge < -0.3 is 0 Å². The maximum absolute atomic E-state index is 9.50. The number of rotatable bonds is 5. The molecule has 0 spiro atoms. The molecule has 2 atom stereocenters. The molecular formula is C17H24N2S. The van der Waals surface area contributed by atoms with Gasteiger partial charge in [0.1, 0.15) is 5.54 Å². The van der Waals surface area contributed by atoms with Crippen molar-refractivity contribution < 1.29 is 0 Å². The fourth-order valence-electron chi connectivity index (χ4n) is 2.78. The smallest absolute Gasteiger partial charge is 0.107 e. The standard InChI is InChI=1S/C17H24N2S/c1-4-9-19-17(12-18)8-7-15(11-17)20-16-10-13(2)5-6-14(16)3/h5-6,10,15,19H,4,7-9,11H2,1-3H3. The van der Waals surface area contributed by atoms with E-state index in [-0.39, 0.29) is 5.54 Å². The van der Waals surface area contributed by atoms with Gasteiger partial charge in [0.2, 0.25) is 0 Å². The highest BCUT2D eigenvalue weighted by Gasteiger charge is 2.39. The molecule has 2 rings (SSSR count). The first kappa shape index (κ1) is 15.4. The molecule has 1 aromatic carbocycles. The predicted molar refractivity (Wildman–Crippen MR) is 86.0 cm³/mol. The lowest BCUT2D eigenvalue weighted by Crippen LogP contribution is -2.42. The minimum atomic E-state index is -0.286. The van der Waals surface area contributed by atoms with Gasteiger partial charge in [0.05, 0.1) is 6.07 Å². The van der Waals surface area contributed by atoms with Crippen LogP contribution in [0.4, 0.5) is 0 Å². The number of nitrogens with zero attached hydrogens (tertiary/aromatic N) is 1. The van der Waals surface area contributed by atoms with Crippen LogP contribution in [0.1, 0.15) is 43.7 Å². The SMILES string of the molecule is CCCNC1(C#N)CCC(Sc2cc(C)ccc2C)C1. The van der Waals surface area contributed by atoms with E-state index in [1.807, 2.05) is 11.8 Å². The van der Waals surface area contributed by atoms with Crippen molar-refractivity contribution in [1.82, 2.24) is 5.32 Å². The lowest BCUT2D eigenvalue weighted by atomic mass is 10.00. The zero-order chi connectivity index (χ0) is 14.6. The average molecular weight is 288 g/mol. The Balaban J connectivity index is 2.02. The lowest BCUT2D eigenvalue weighted by Gasteiger charge is -2.22. The summed E-state index contributed by atoms with van der Waals surface area (Å²) in [6.45, 7) is 7.40. The molecule has 1 aliphatic carbocycles. The molecule has 1 aliphatic rings. The number of aryl methyl sites for hydroxylation is 2. The molecule has 0 heterocycles. The van der Waals surface area contributed by atoms with Crippen molar-refractivity contribution in [3.8, 4) is 6.07 Å². The number of nitriles is 1. The largest absolute Gasteiger partial charge is 0.299 e. The molecule has 2 nitrogen and oxygen atoms in total. The maximum atomic E-state index is 9.50. The summed E-state index contributed by atoms with van der Waals surface area (Å²) in [5, 5.41) is 13.5. The summed E-state index contributed by atoms with van der Waals surface area (Å²) in [7, 11) is 0. The molecule has 1 saturated carbocycles. The first-order valence-corrected chi connectivity index (χ1v) is 8.37. The van der Waals surface area contributed by atoms with Crippen LogP contribution in [0.15, 0.2) is 23.1 Å². The van der Waals surface area contributed by atoms with Crippen LogP contribution in [0.2, 0.25) is 0 Å². The third-order valence-corrected chi connectivity index (χ3v) is 5.46. The van der Waals surface area contributed by atoms with E-state index < -0.39 is 0 Å². The van der Waals surface area contributed by atoms with Gasteiger partial charge in [0, 0.05) is 10.1 Å². The van der Waals surface area contributed by atoms with Crippen molar-refractivity contribution in [2.45, 2.75) is 62.1 Å². The molecule has 1 aromatic rings. The monoisotopic (exact) mass is 288 g/mol. The summed E-state index contributed by atoms with van der Waals surface area (Å²) in [5.74, 6) is 0. The topological polar surface area (TPSA) is 35.8 Å². The van der Waals surface area contributed by atoms with Crippen LogP contribution >= 0.6 is 11.8 Å². The second-order valence-electron chi connectivity index (χ2n) is 5.87. The van der Waals surface area contributed by atoms with Crippen LogP contribution in [0.5, 0.6) is 0 Å². The molecule has 0 amide bonds. The highest BCUT2D eigenvalue weighted by atomic mass is 32.2. The van der Waals surface area contributed by atoms with Crippen molar-refractivity contribution in [3.63, 3.8) is 0 Å². The molecule has 2 unspecified atom stereocenters. The summed E-state index contributed by atoms with van der Waals surface area (Å²) in [5.41, 5.74) is 2.37. The van der Waals surface area contributed by atoms with E-state index in [0.717, 1.165) is 32.2 Å². The van der Waals surface area contributed by atoms with Crippen LogP contribution in [-0.4, -0.2) is 17.3 Å². The van der Waals surface area contributed by atoms with Crippen molar-refractivity contribution in [1.29, 1.82) is 5.26 Å². The number of hydrogen-bond acceptors (Lipinski definition) is 3. The third-order valence-electron chi connectivity index (χ3n) is 4.03. The van der Waals surface area contributed by atoms with Gasteiger partial charge in [-0.1, -0.05) is 24.6 Å². The molecule has 0 bridgehead atoms. The van der Waals surface area contributed by atoms with Gasteiger partial charge >= 0.3 is 0 Å². The quantitative estimate of drug-likeness (QED) is 0.881. The van der Waals surface area contributed by atoms with Crippen molar-refractivity contribution in [2.24, 2.45) is 0 Å². The first-order chi connectivity index (χ1) is 9.58. The summed E-state index contributed by atoms with van der Waals surface area (Å²) < 4.78 is 0. The Labute approximate surface area is 127 Å². The van der Waals surface area contributed by atoms with E-state index in [1.54, 1.807) is 0 Å². The van der Waals surface area contributed by atoms with Crippen LogP contribution in [0, 0.1) is 25.2 Å². The zero-order valence-corrected chi connectivity index (χ0v) is 13.5. The molecule has 0 aliphatic heterocycles. The highest BCUT2D eigenvalue weighted by Crippen LogP contribution is 2.41. The summed E-state index contributed by atoms with van der Waals surface area (Å²) in [6.07, 6.45) is 4.15. The van der Waals surface area contributed by atoms with E-state index in [1.165, 1.54) is 16.0 Å². The third kappa shape index (κ3) is 3.56. The Hall–Kier alpha value is -0.980. The summed E-state index contributed by atoms with van der Waals surface area (Å²) in [4.78, 5) is 1.37. The summed E-state index contributed by atoms with van der Waals surface area (Å²) >= 11 is 1.95. The minimum absolute atomic E-state index is 0.286. The van der Waals surface area contributed by atoms with E-state index in [9.17, 15) is 5.26 Å². The highest BCUT2D eigenvalue weighted by molar-refractivity contribution is 8.00. The van der Waals surface area contributed by atoms with Crippen LogP contribution < -0.4 is 5.32 Å². The van der Waals surface area contributed by atoms with Crippen LogP contribution in [-0.2, 0) is 0 Å². The predicted octanol–water partition coefficient (Wildman–Crippen LogP) is 4.21. The second kappa shape index (κ2) is 6.65. The van der Waals surface area contributed by atoms with E-state index >= 15 is 0 Å². The van der Waals surface area contributed by atoms with Gasteiger partial charge in [-0.25, -0.2) is 0 Å². The van der Waals surface area contributed by atoms with Crippen molar-refractivity contribution >= 4 is 11.8 Å². The van der Waals surface area contributed by atoms with E-state index in [4.69, 9.17) is 0 Å². The molecule has 1 fully saturated rings. The Kier molecular flexibility index (Phi) is 5.12. The van der Waals surface area contributed by atoms with Crippen molar-refractivity contribution in [2.75, 3.05) is 6.54 Å². The normalized spacial score (nSPS) is 25.6. The van der Waals surface area contributed by atoms with Crippen LogP contribution in [0.25, 0.3) is 0 Å². The summed E-state index contributed by atoms with van der Waals surface area (Å²) in [6, 6.07) is 9.16. The molecule has 0 saturated heterocycles. The molecule has 0 radical (unpaired) electrons. The average Bonchev–Trinajstić information content (AvgIpc) is 2.85. The molecule has 108 valence electrons. The van der Waals surface area contributed by atoms with Gasteiger partial charge in [0.15, 0.2) is 0 Å². The Morgan fingerprint density at radius 1 is 1.45 bits per heavy atom. The molecule has 3 heteroatoms. The number of nitrogens with one attached hydrogen (secondary N) is 1. The first-order valence-electron chi connectivity index (χ1n) is 7.49. The Bertz CT molecular complexity index is 506. The van der Waals surface area contributed by atoms with Crippen molar-refractivity contribution in [3.05, 3.63) is 29.3 Å². The second-order valence-corrected chi connectivity index (χ2v) is 7.21. The van der Waals surface area contributed by atoms with Gasteiger partial charge in [-0.15, -0.1) is 11.8 Å². The molecule has 0 aromatic heterocycles. The van der Waals surface area contributed by atoms with Gasteiger partial charge in [-0.05, 0) is 57.7 Å². The van der Waals surface area contributed by atoms with Gasteiger partial charge in [-0.3, -0.25) is 5.32 Å². The maximum Gasteiger partial charge on any atom is 0.107 e. The van der Waals surface area contributed by atoms with Gasteiger partial charge in [-0.2, -0.15) is 5.26 Å². The molecule has 1 N–H and O–H groups in total. The van der Waals surface area contributed by atoms with E-state index in [2.05, 4.69) is 50.4 Å². The zero-order valence-electron chi connectivity index (χ0n) is 12.7. The number of hydrogen-bond donors (Lipinski definition) is 1.